The summed E-state index contributed by atoms with van der Waals surface area (Å²) >= 11 is 5.53. The Hall–Kier alpha value is -2.87. The summed E-state index contributed by atoms with van der Waals surface area (Å²) in [7, 11) is 0. The van der Waals surface area contributed by atoms with Gasteiger partial charge in [0.2, 0.25) is 0 Å². The molecule has 2 aliphatic heterocycles. The van der Waals surface area contributed by atoms with E-state index in [0.717, 1.165) is 61.9 Å². The Labute approximate surface area is 163 Å². The highest BCUT2D eigenvalue weighted by Crippen LogP contribution is 2.21. The van der Waals surface area contributed by atoms with E-state index in [2.05, 4.69) is 30.6 Å². The molecule has 0 unspecified atom stereocenters. The molecule has 0 radical (unpaired) electrons. The van der Waals surface area contributed by atoms with Crippen LogP contribution < -0.4 is 15.6 Å². The molecule has 140 valence electrons. The van der Waals surface area contributed by atoms with Crippen LogP contribution >= 0.6 is 12.2 Å². The van der Waals surface area contributed by atoms with Crippen LogP contribution in [0.3, 0.4) is 0 Å². The van der Waals surface area contributed by atoms with Gasteiger partial charge in [0.1, 0.15) is 11.4 Å². The van der Waals surface area contributed by atoms with Crippen molar-refractivity contribution in [1.29, 1.82) is 0 Å². The second kappa shape index (κ2) is 7.79. The zero-order chi connectivity index (χ0) is 18.6. The number of rotatable bonds is 2. The average Bonchev–Trinajstić information content (AvgIpc) is 2.72. The number of pyridine rings is 1. The van der Waals surface area contributed by atoms with Gasteiger partial charge < -0.3 is 20.2 Å². The minimum atomic E-state index is 0.291. The van der Waals surface area contributed by atoms with Crippen molar-refractivity contribution in [2.24, 2.45) is 5.10 Å². The fraction of sp³-hybridized carbons (Fsp3) is 0.316. The molecule has 1 saturated heterocycles. The van der Waals surface area contributed by atoms with Gasteiger partial charge in [0.15, 0.2) is 5.11 Å². The summed E-state index contributed by atoms with van der Waals surface area (Å²) in [6.45, 7) is 4.15. The van der Waals surface area contributed by atoms with Gasteiger partial charge in [-0.3, -0.25) is 10.4 Å². The quantitative estimate of drug-likeness (QED) is 0.542. The third-order valence-corrected chi connectivity index (χ3v) is 5.16. The molecule has 8 heteroatoms. The van der Waals surface area contributed by atoms with Crippen molar-refractivity contribution in [1.82, 2.24) is 15.3 Å². The number of hydrazone groups is 1. The first-order chi connectivity index (χ1) is 13.2. The van der Waals surface area contributed by atoms with Crippen molar-refractivity contribution in [3.8, 4) is 5.75 Å². The average molecular weight is 382 g/mol. The van der Waals surface area contributed by atoms with Crippen molar-refractivity contribution >= 4 is 34.4 Å². The van der Waals surface area contributed by atoms with Crippen LogP contribution in [0.4, 0.5) is 11.4 Å². The predicted octanol–water partition coefficient (Wildman–Crippen LogP) is 2.00. The molecule has 0 saturated carbocycles. The maximum absolute atomic E-state index is 9.66. The van der Waals surface area contributed by atoms with E-state index in [1.807, 2.05) is 24.3 Å². The van der Waals surface area contributed by atoms with Crippen LogP contribution in [0, 0.1) is 0 Å². The van der Waals surface area contributed by atoms with Crippen molar-refractivity contribution in [2.45, 2.75) is 6.42 Å². The number of benzene rings is 1. The summed E-state index contributed by atoms with van der Waals surface area (Å²) < 4.78 is 0. The molecule has 1 aromatic heterocycles. The monoisotopic (exact) mass is 382 g/mol. The number of hydrogen-bond donors (Lipinski definition) is 3. The van der Waals surface area contributed by atoms with Gasteiger partial charge in [-0.15, -0.1) is 0 Å². The van der Waals surface area contributed by atoms with Gasteiger partial charge in [0, 0.05) is 57.1 Å². The molecule has 7 nitrogen and oxygen atoms in total. The van der Waals surface area contributed by atoms with Gasteiger partial charge in [-0.1, -0.05) is 6.07 Å². The Balaban J connectivity index is 1.35. The van der Waals surface area contributed by atoms with E-state index in [1.165, 1.54) is 0 Å². The highest BCUT2D eigenvalue weighted by Gasteiger charge is 2.20. The van der Waals surface area contributed by atoms with E-state index >= 15 is 0 Å². The lowest BCUT2D eigenvalue weighted by Crippen LogP contribution is -2.51. The number of hydrogen-bond acceptors (Lipinski definition) is 6. The van der Waals surface area contributed by atoms with Crippen LogP contribution in [0.25, 0.3) is 0 Å². The van der Waals surface area contributed by atoms with Gasteiger partial charge in [-0.05, 0) is 36.5 Å². The third kappa shape index (κ3) is 3.95. The summed E-state index contributed by atoms with van der Waals surface area (Å²) in [6, 6.07) is 11.3. The summed E-state index contributed by atoms with van der Waals surface area (Å²) in [5.74, 6) is 0.291. The number of phenols is 1. The topological polar surface area (TPSA) is 76.0 Å². The van der Waals surface area contributed by atoms with E-state index in [9.17, 15) is 5.11 Å². The standard InChI is InChI=1S/C19H22N6OS/c26-15-4-1-3-14(13-15)24-9-11-25(12-10-24)19(27)23-22-17-6-8-20-16-5-2-7-21-18(16)17/h1-5,7,13,20,26H,6,8-12H2,(H,23,27)/b22-17-. The molecule has 2 aromatic rings. The summed E-state index contributed by atoms with van der Waals surface area (Å²) in [5.41, 5.74) is 6.89. The SMILES string of the molecule is Oc1cccc(N2CCN(C(=S)N/N=C3/CCNc4cccnc43)CC2)c1. The molecule has 1 aromatic carbocycles. The Kier molecular flexibility index (Phi) is 5.06. The zero-order valence-electron chi connectivity index (χ0n) is 14.9. The minimum absolute atomic E-state index is 0.291. The summed E-state index contributed by atoms with van der Waals surface area (Å²) in [4.78, 5) is 8.80. The number of phenolic OH excluding ortho intramolecular Hbond substituents is 1. The lowest BCUT2D eigenvalue weighted by Gasteiger charge is -2.37. The lowest BCUT2D eigenvalue weighted by atomic mass is 10.1. The van der Waals surface area contributed by atoms with E-state index in [4.69, 9.17) is 12.2 Å². The molecule has 27 heavy (non-hydrogen) atoms. The Morgan fingerprint density at radius 2 is 2.04 bits per heavy atom. The largest absolute Gasteiger partial charge is 0.508 e. The van der Waals surface area contributed by atoms with E-state index < -0.39 is 0 Å². The number of nitrogens with one attached hydrogen (secondary N) is 2. The molecule has 0 amide bonds. The molecule has 2 aliphatic rings. The maximum atomic E-state index is 9.66. The molecule has 0 aliphatic carbocycles. The van der Waals surface area contributed by atoms with Gasteiger partial charge in [-0.25, -0.2) is 0 Å². The van der Waals surface area contributed by atoms with Crippen molar-refractivity contribution in [3.05, 3.63) is 48.3 Å². The normalized spacial score (nSPS) is 18.0. The van der Waals surface area contributed by atoms with Gasteiger partial charge in [0.25, 0.3) is 0 Å². The fourth-order valence-electron chi connectivity index (χ4n) is 3.36. The number of anilines is 2. The van der Waals surface area contributed by atoms with E-state index in [0.29, 0.717) is 10.9 Å². The van der Waals surface area contributed by atoms with Gasteiger partial charge in [0.05, 0.1) is 11.4 Å². The van der Waals surface area contributed by atoms with Crippen LogP contribution in [0.15, 0.2) is 47.7 Å². The second-order valence-corrected chi connectivity index (χ2v) is 6.93. The first-order valence-corrected chi connectivity index (χ1v) is 9.46. The molecule has 1 fully saturated rings. The predicted molar refractivity (Wildman–Crippen MR) is 112 cm³/mol. The Bertz CT molecular complexity index is 863. The molecule has 0 atom stereocenters. The fourth-order valence-corrected chi connectivity index (χ4v) is 3.59. The molecule has 0 bridgehead atoms. The number of aromatic hydroxyl groups is 1. The van der Waals surface area contributed by atoms with Gasteiger partial charge in [-0.2, -0.15) is 5.10 Å². The molecular weight excluding hydrogens is 360 g/mol. The molecule has 3 N–H and O–H groups in total. The van der Waals surface area contributed by atoms with Crippen molar-refractivity contribution in [2.75, 3.05) is 42.9 Å². The first-order valence-electron chi connectivity index (χ1n) is 9.05. The number of thiocarbonyl (C=S) groups is 1. The number of nitrogens with zero attached hydrogens (tertiary/aromatic N) is 4. The Morgan fingerprint density at radius 1 is 1.19 bits per heavy atom. The van der Waals surface area contributed by atoms with Crippen molar-refractivity contribution < 1.29 is 5.11 Å². The molecule has 3 heterocycles. The molecule has 4 rings (SSSR count). The Morgan fingerprint density at radius 3 is 2.85 bits per heavy atom. The highest BCUT2D eigenvalue weighted by atomic mass is 32.1. The number of piperazine rings is 1. The second-order valence-electron chi connectivity index (χ2n) is 6.55. The van der Waals surface area contributed by atoms with Crippen LogP contribution in [-0.2, 0) is 0 Å². The summed E-state index contributed by atoms with van der Waals surface area (Å²) in [5, 5.41) is 18.1. The number of fused-ring (bicyclic) bond motifs is 1. The van der Waals surface area contributed by atoms with E-state index in [1.54, 1.807) is 18.3 Å². The first kappa shape index (κ1) is 17.5. The highest BCUT2D eigenvalue weighted by molar-refractivity contribution is 7.80. The van der Waals surface area contributed by atoms with E-state index in [-0.39, 0.29) is 0 Å². The zero-order valence-corrected chi connectivity index (χ0v) is 15.7. The number of aromatic nitrogens is 1. The van der Waals surface area contributed by atoms with Crippen LogP contribution in [0.1, 0.15) is 12.1 Å². The van der Waals surface area contributed by atoms with Crippen LogP contribution in [0.2, 0.25) is 0 Å². The molecule has 0 spiro atoms. The molecular formula is C19H22N6OS. The maximum Gasteiger partial charge on any atom is 0.189 e. The third-order valence-electron chi connectivity index (χ3n) is 4.81. The van der Waals surface area contributed by atoms with Crippen molar-refractivity contribution in [3.63, 3.8) is 0 Å². The van der Waals surface area contributed by atoms with Crippen LogP contribution in [0.5, 0.6) is 5.75 Å². The van der Waals surface area contributed by atoms with Gasteiger partial charge >= 0.3 is 0 Å². The van der Waals surface area contributed by atoms with Crippen LogP contribution in [-0.4, -0.2) is 58.5 Å². The smallest absolute Gasteiger partial charge is 0.189 e. The minimum Gasteiger partial charge on any atom is -0.508 e. The summed E-state index contributed by atoms with van der Waals surface area (Å²) in [6.07, 6.45) is 2.59. The lowest BCUT2D eigenvalue weighted by molar-refractivity contribution is 0.381.